The molecule has 0 fully saturated rings. The lowest BCUT2D eigenvalue weighted by Crippen LogP contribution is -2.18. The molecule has 0 spiro atoms. The summed E-state index contributed by atoms with van der Waals surface area (Å²) in [6.45, 7) is 0.860. The Bertz CT molecular complexity index is 1570. The van der Waals surface area contributed by atoms with Crippen LogP contribution in [0.25, 0.3) is 0 Å². The van der Waals surface area contributed by atoms with E-state index in [1.165, 1.54) is 12.1 Å². The average molecular weight is 529 g/mol. The molecule has 1 unspecified atom stereocenters. The van der Waals surface area contributed by atoms with E-state index in [4.69, 9.17) is 14.6 Å². The molecule has 1 atom stereocenters. The highest BCUT2D eigenvalue weighted by Crippen LogP contribution is 2.40. The van der Waals surface area contributed by atoms with Gasteiger partial charge in [-0.1, -0.05) is 97.1 Å². The van der Waals surface area contributed by atoms with Gasteiger partial charge in [-0.05, 0) is 58.7 Å². The second-order valence-electron chi connectivity index (χ2n) is 9.71. The normalized spacial score (nSPS) is 14.6. The second kappa shape index (κ2) is 11.9. The van der Waals surface area contributed by atoms with Crippen LogP contribution < -0.4 is 14.5 Å². The molecule has 0 aromatic heterocycles. The minimum atomic E-state index is -0.275. The molecule has 1 aliphatic rings. The fraction of sp³-hybridized carbons (Fsp3) is 0.114. The van der Waals surface area contributed by atoms with Crippen molar-refractivity contribution in [2.24, 2.45) is 5.10 Å². The lowest BCUT2D eigenvalue weighted by Gasteiger charge is -2.25. The molecule has 0 radical (unpaired) electrons. The van der Waals surface area contributed by atoms with Gasteiger partial charge in [0.1, 0.15) is 19.0 Å². The first-order valence-corrected chi connectivity index (χ1v) is 13.4. The number of anilines is 1. The van der Waals surface area contributed by atoms with Gasteiger partial charge in [0, 0.05) is 6.42 Å². The molecule has 1 aliphatic heterocycles. The zero-order chi connectivity index (χ0) is 27.1. The van der Waals surface area contributed by atoms with Gasteiger partial charge in [-0.3, -0.25) is 5.01 Å². The summed E-state index contributed by atoms with van der Waals surface area (Å²) in [5.41, 5.74) is 6.07. The molecule has 40 heavy (non-hydrogen) atoms. The van der Waals surface area contributed by atoms with Crippen molar-refractivity contribution in [1.82, 2.24) is 0 Å². The van der Waals surface area contributed by atoms with Gasteiger partial charge in [-0.15, -0.1) is 0 Å². The van der Waals surface area contributed by atoms with Crippen molar-refractivity contribution in [3.63, 3.8) is 0 Å². The maximum Gasteiger partial charge on any atom is 0.162 e. The average Bonchev–Trinajstić information content (AvgIpc) is 3.47. The van der Waals surface area contributed by atoms with Crippen molar-refractivity contribution >= 4 is 11.4 Å². The van der Waals surface area contributed by atoms with Crippen molar-refractivity contribution in [2.75, 3.05) is 5.01 Å². The lowest BCUT2D eigenvalue weighted by atomic mass is 9.97. The minimum Gasteiger partial charge on any atom is -0.485 e. The molecular formula is C35H29FN2O2. The first-order chi connectivity index (χ1) is 19.7. The van der Waals surface area contributed by atoms with E-state index >= 15 is 0 Å². The SMILES string of the molecule is Fc1ccc(N2N=C(c3ccccc3)CC2c2ccc(OCc3ccccc3)c(OCc3ccccc3)c2)cc1. The summed E-state index contributed by atoms with van der Waals surface area (Å²) >= 11 is 0. The molecule has 5 heteroatoms. The highest BCUT2D eigenvalue weighted by atomic mass is 19.1. The van der Waals surface area contributed by atoms with Gasteiger partial charge in [0.05, 0.1) is 17.4 Å². The fourth-order valence-electron chi connectivity index (χ4n) is 4.84. The number of rotatable bonds is 9. The fourth-order valence-corrected chi connectivity index (χ4v) is 4.84. The maximum absolute atomic E-state index is 13.8. The van der Waals surface area contributed by atoms with Gasteiger partial charge in [-0.2, -0.15) is 5.10 Å². The van der Waals surface area contributed by atoms with Gasteiger partial charge in [0.15, 0.2) is 11.5 Å². The molecule has 0 saturated heterocycles. The Labute approximate surface area is 233 Å². The van der Waals surface area contributed by atoms with Gasteiger partial charge in [0.2, 0.25) is 0 Å². The predicted molar refractivity (Wildman–Crippen MR) is 157 cm³/mol. The third-order valence-electron chi connectivity index (χ3n) is 6.94. The Hall–Kier alpha value is -4.90. The first kappa shape index (κ1) is 25.4. The Morgan fingerprint density at radius 3 is 1.85 bits per heavy atom. The molecule has 0 amide bonds. The van der Waals surface area contributed by atoms with E-state index in [0.29, 0.717) is 31.1 Å². The van der Waals surface area contributed by atoms with Crippen molar-refractivity contribution in [3.8, 4) is 11.5 Å². The monoisotopic (exact) mass is 528 g/mol. The molecule has 5 aromatic rings. The molecule has 4 nitrogen and oxygen atoms in total. The van der Waals surface area contributed by atoms with Crippen LogP contribution in [0.15, 0.2) is 139 Å². The number of hydrazone groups is 1. The van der Waals surface area contributed by atoms with Crippen molar-refractivity contribution in [3.05, 3.63) is 162 Å². The van der Waals surface area contributed by atoms with E-state index in [1.807, 2.05) is 96.0 Å². The van der Waals surface area contributed by atoms with Crippen molar-refractivity contribution in [2.45, 2.75) is 25.7 Å². The van der Waals surface area contributed by atoms with E-state index in [9.17, 15) is 4.39 Å². The van der Waals surface area contributed by atoms with E-state index in [0.717, 1.165) is 33.7 Å². The summed E-state index contributed by atoms with van der Waals surface area (Å²) < 4.78 is 26.4. The van der Waals surface area contributed by atoms with Crippen LogP contribution in [0.4, 0.5) is 10.1 Å². The summed E-state index contributed by atoms with van der Waals surface area (Å²) in [5.74, 6) is 1.08. The molecule has 0 aliphatic carbocycles. The Morgan fingerprint density at radius 1 is 0.650 bits per heavy atom. The zero-order valence-electron chi connectivity index (χ0n) is 22.0. The highest BCUT2D eigenvalue weighted by Gasteiger charge is 2.30. The molecular weight excluding hydrogens is 499 g/mol. The summed E-state index contributed by atoms with van der Waals surface area (Å²) in [5, 5.41) is 6.97. The Morgan fingerprint density at radius 2 is 1.23 bits per heavy atom. The van der Waals surface area contributed by atoms with Crippen LogP contribution in [0.3, 0.4) is 0 Å². The number of benzene rings is 5. The van der Waals surface area contributed by atoms with E-state index in [-0.39, 0.29) is 11.9 Å². The Kier molecular flexibility index (Phi) is 7.53. The van der Waals surface area contributed by atoms with Crippen LogP contribution in [0.1, 0.15) is 34.7 Å². The van der Waals surface area contributed by atoms with Gasteiger partial charge < -0.3 is 9.47 Å². The summed E-state index contributed by atoms with van der Waals surface area (Å²) in [6, 6.07) is 42.8. The van der Waals surface area contributed by atoms with Gasteiger partial charge in [0.25, 0.3) is 0 Å². The molecule has 1 heterocycles. The quantitative estimate of drug-likeness (QED) is 0.193. The Balaban J connectivity index is 1.33. The maximum atomic E-state index is 13.8. The topological polar surface area (TPSA) is 34.1 Å². The molecule has 0 bridgehead atoms. The van der Waals surface area contributed by atoms with Gasteiger partial charge >= 0.3 is 0 Å². The van der Waals surface area contributed by atoms with Crippen molar-refractivity contribution < 1.29 is 13.9 Å². The van der Waals surface area contributed by atoms with Crippen molar-refractivity contribution in [1.29, 1.82) is 0 Å². The van der Waals surface area contributed by atoms with Crippen LogP contribution in [0, 0.1) is 5.82 Å². The third-order valence-corrected chi connectivity index (χ3v) is 6.94. The summed E-state index contributed by atoms with van der Waals surface area (Å²) in [4.78, 5) is 0. The molecule has 5 aromatic carbocycles. The van der Waals surface area contributed by atoms with Crippen LogP contribution in [0.2, 0.25) is 0 Å². The third kappa shape index (κ3) is 5.89. The van der Waals surface area contributed by atoms with Crippen LogP contribution in [-0.2, 0) is 13.2 Å². The number of nitrogens with zero attached hydrogens (tertiary/aromatic N) is 2. The first-order valence-electron chi connectivity index (χ1n) is 13.4. The predicted octanol–water partition coefficient (Wildman–Crippen LogP) is 8.34. The standard InChI is InChI=1S/C35H29FN2O2/c36-30-17-19-31(20-18-30)38-33(23-32(37-38)28-14-8-3-9-15-28)29-16-21-34(39-24-26-10-4-1-5-11-26)35(22-29)40-25-27-12-6-2-7-13-27/h1-22,33H,23-25H2. The smallest absolute Gasteiger partial charge is 0.162 e. The molecule has 0 N–H and O–H groups in total. The van der Waals surface area contributed by atoms with E-state index < -0.39 is 0 Å². The summed E-state index contributed by atoms with van der Waals surface area (Å²) in [6.07, 6.45) is 0.698. The number of hydrogen-bond donors (Lipinski definition) is 0. The number of hydrogen-bond acceptors (Lipinski definition) is 4. The minimum absolute atomic E-state index is 0.0945. The van der Waals surface area contributed by atoms with Crippen LogP contribution in [-0.4, -0.2) is 5.71 Å². The zero-order valence-corrected chi connectivity index (χ0v) is 22.0. The van der Waals surface area contributed by atoms with Crippen LogP contribution >= 0.6 is 0 Å². The van der Waals surface area contributed by atoms with E-state index in [2.05, 4.69) is 18.2 Å². The largest absolute Gasteiger partial charge is 0.485 e. The molecule has 0 saturated carbocycles. The van der Waals surface area contributed by atoms with Gasteiger partial charge in [-0.25, -0.2) is 4.39 Å². The molecule has 198 valence electrons. The second-order valence-corrected chi connectivity index (χ2v) is 9.71. The number of ether oxygens (including phenoxy) is 2. The summed E-state index contributed by atoms with van der Waals surface area (Å²) in [7, 11) is 0. The van der Waals surface area contributed by atoms with E-state index in [1.54, 1.807) is 12.1 Å². The van der Waals surface area contributed by atoms with Crippen LogP contribution in [0.5, 0.6) is 11.5 Å². The molecule has 6 rings (SSSR count). The highest BCUT2D eigenvalue weighted by molar-refractivity contribution is 6.03. The number of halogens is 1. The lowest BCUT2D eigenvalue weighted by molar-refractivity contribution is 0.255.